The Bertz CT molecular complexity index is 807. The van der Waals surface area contributed by atoms with E-state index in [1.165, 1.54) is 0 Å². The van der Waals surface area contributed by atoms with Gasteiger partial charge < -0.3 is 14.8 Å². The lowest BCUT2D eigenvalue weighted by Gasteiger charge is -2.28. The summed E-state index contributed by atoms with van der Waals surface area (Å²) in [5.74, 6) is 1.05. The summed E-state index contributed by atoms with van der Waals surface area (Å²) in [5.41, 5.74) is 2.55. The molecule has 1 atom stereocenters. The van der Waals surface area contributed by atoms with Crippen molar-refractivity contribution in [3.63, 3.8) is 0 Å². The van der Waals surface area contributed by atoms with Crippen molar-refractivity contribution in [2.45, 2.75) is 26.2 Å². The lowest BCUT2D eigenvalue weighted by molar-refractivity contribution is -0.116. The van der Waals surface area contributed by atoms with Gasteiger partial charge in [0.1, 0.15) is 0 Å². The summed E-state index contributed by atoms with van der Waals surface area (Å²) in [7, 11) is 0. The van der Waals surface area contributed by atoms with Crippen molar-refractivity contribution in [3.8, 4) is 11.5 Å². The summed E-state index contributed by atoms with van der Waals surface area (Å²) in [6.45, 7) is 4.87. The SMILES string of the molecule is CCOc1cc2c(cc1OCC)C(c1ccc(Cl)cc1Cl)CC(=O)N2. The summed E-state index contributed by atoms with van der Waals surface area (Å²) in [6.07, 6.45) is 0.313. The Morgan fingerprint density at radius 2 is 1.72 bits per heavy atom. The van der Waals surface area contributed by atoms with Gasteiger partial charge >= 0.3 is 0 Å². The molecule has 1 amide bonds. The fraction of sp³-hybridized carbons (Fsp3) is 0.316. The van der Waals surface area contributed by atoms with Crippen molar-refractivity contribution in [2.75, 3.05) is 18.5 Å². The van der Waals surface area contributed by atoms with Gasteiger partial charge in [-0.2, -0.15) is 0 Å². The van der Waals surface area contributed by atoms with Crippen LogP contribution in [0.1, 0.15) is 37.3 Å². The van der Waals surface area contributed by atoms with E-state index in [2.05, 4.69) is 5.32 Å². The highest BCUT2D eigenvalue weighted by molar-refractivity contribution is 6.35. The van der Waals surface area contributed by atoms with Crippen molar-refractivity contribution >= 4 is 34.8 Å². The van der Waals surface area contributed by atoms with Gasteiger partial charge in [0.25, 0.3) is 0 Å². The zero-order chi connectivity index (χ0) is 18.0. The number of halogens is 2. The summed E-state index contributed by atoms with van der Waals surface area (Å²) in [4.78, 5) is 12.2. The molecule has 1 unspecified atom stereocenters. The molecule has 132 valence electrons. The molecular formula is C19H19Cl2NO3. The molecule has 0 saturated carbocycles. The van der Waals surface area contributed by atoms with Crippen molar-refractivity contribution in [2.24, 2.45) is 0 Å². The van der Waals surface area contributed by atoms with Crippen LogP contribution in [-0.4, -0.2) is 19.1 Å². The van der Waals surface area contributed by atoms with Gasteiger partial charge in [-0.3, -0.25) is 4.79 Å². The van der Waals surface area contributed by atoms with Crippen molar-refractivity contribution in [3.05, 3.63) is 51.5 Å². The molecule has 1 heterocycles. The average molecular weight is 380 g/mol. The van der Waals surface area contributed by atoms with Gasteiger partial charge in [-0.25, -0.2) is 0 Å². The summed E-state index contributed by atoms with van der Waals surface area (Å²) < 4.78 is 11.4. The topological polar surface area (TPSA) is 47.6 Å². The first kappa shape index (κ1) is 17.9. The monoisotopic (exact) mass is 379 g/mol. The number of carbonyl (C=O) groups excluding carboxylic acids is 1. The van der Waals surface area contributed by atoms with Crippen LogP contribution in [0.5, 0.6) is 11.5 Å². The molecule has 1 aliphatic rings. The Labute approximate surface area is 157 Å². The van der Waals surface area contributed by atoms with Gasteiger partial charge in [0.15, 0.2) is 11.5 Å². The van der Waals surface area contributed by atoms with Gasteiger partial charge in [-0.15, -0.1) is 0 Å². The predicted octanol–water partition coefficient (Wildman–Crippen LogP) is 5.26. The molecule has 1 N–H and O–H groups in total. The number of carbonyl (C=O) groups is 1. The highest BCUT2D eigenvalue weighted by Crippen LogP contribution is 2.45. The Balaban J connectivity index is 2.12. The minimum absolute atomic E-state index is 0.0601. The Morgan fingerprint density at radius 1 is 1.04 bits per heavy atom. The molecule has 6 heteroatoms. The van der Waals surface area contributed by atoms with E-state index in [0.717, 1.165) is 16.8 Å². The minimum atomic E-state index is -0.164. The van der Waals surface area contributed by atoms with Gasteiger partial charge in [0, 0.05) is 34.1 Å². The number of ether oxygens (including phenoxy) is 2. The molecule has 0 radical (unpaired) electrons. The van der Waals surface area contributed by atoms with Crippen LogP contribution in [0.2, 0.25) is 10.0 Å². The Morgan fingerprint density at radius 3 is 2.36 bits per heavy atom. The number of fused-ring (bicyclic) bond motifs is 1. The quantitative estimate of drug-likeness (QED) is 0.769. The molecular weight excluding hydrogens is 361 g/mol. The Hall–Kier alpha value is -1.91. The van der Waals surface area contributed by atoms with E-state index in [0.29, 0.717) is 41.2 Å². The molecule has 0 aliphatic carbocycles. The van der Waals surface area contributed by atoms with Crippen molar-refractivity contribution in [1.29, 1.82) is 0 Å². The predicted molar refractivity (Wildman–Crippen MR) is 100 cm³/mol. The summed E-state index contributed by atoms with van der Waals surface area (Å²) in [5, 5.41) is 4.03. The molecule has 0 fully saturated rings. The van der Waals surface area contributed by atoms with Gasteiger partial charge in [0.05, 0.1) is 13.2 Å². The van der Waals surface area contributed by atoms with Crippen LogP contribution in [0.15, 0.2) is 30.3 Å². The second kappa shape index (κ2) is 7.54. The third-order valence-electron chi connectivity index (χ3n) is 4.09. The molecule has 0 bridgehead atoms. The van der Waals surface area contributed by atoms with Crippen LogP contribution in [-0.2, 0) is 4.79 Å². The first-order chi connectivity index (χ1) is 12.0. The van der Waals surface area contributed by atoms with E-state index in [-0.39, 0.29) is 11.8 Å². The van der Waals surface area contributed by atoms with Gasteiger partial charge in [-0.1, -0.05) is 29.3 Å². The van der Waals surface area contributed by atoms with Crippen LogP contribution in [0, 0.1) is 0 Å². The van der Waals surface area contributed by atoms with Gasteiger partial charge in [0.2, 0.25) is 5.91 Å². The third-order valence-corrected chi connectivity index (χ3v) is 4.65. The van der Waals surface area contributed by atoms with E-state index < -0.39 is 0 Å². The first-order valence-corrected chi connectivity index (χ1v) is 8.97. The van der Waals surface area contributed by atoms with E-state index in [1.54, 1.807) is 12.1 Å². The second-order valence-electron chi connectivity index (χ2n) is 5.72. The third kappa shape index (κ3) is 3.70. The normalized spacial score (nSPS) is 16.2. The van der Waals surface area contributed by atoms with E-state index in [9.17, 15) is 4.79 Å². The molecule has 3 rings (SSSR count). The van der Waals surface area contributed by atoms with Crippen LogP contribution in [0.3, 0.4) is 0 Å². The lowest BCUT2D eigenvalue weighted by atomic mass is 9.84. The number of benzene rings is 2. The lowest BCUT2D eigenvalue weighted by Crippen LogP contribution is -2.24. The minimum Gasteiger partial charge on any atom is -0.490 e. The summed E-state index contributed by atoms with van der Waals surface area (Å²) >= 11 is 12.4. The molecule has 0 aromatic heterocycles. The number of nitrogens with one attached hydrogen (secondary N) is 1. The molecule has 0 saturated heterocycles. The molecule has 2 aromatic rings. The smallest absolute Gasteiger partial charge is 0.225 e. The maximum absolute atomic E-state index is 12.2. The standard InChI is InChI=1S/C19H19Cl2NO3/c1-3-24-17-8-14-13(12-6-5-11(20)7-15(12)21)9-19(23)22-16(14)10-18(17)25-4-2/h5-8,10,13H,3-4,9H2,1-2H3,(H,22,23). The van der Waals surface area contributed by atoms with Gasteiger partial charge in [-0.05, 0) is 43.2 Å². The number of hydrogen-bond donors (Lipinski definition) is 1. The number of hydrogen-bond acceptors (Lipinski definition) is 3. The van der Waals surface area contributed by atoms with Crippen LogP contribution >= 0.6 is 23.2 Å². The fourth-order valence-corrected chi connectivity index (χ4v) is 3.61. The molecule has 4 nitrogen and oxygen atoms in total. The van der Waals surface area contributed by atoms with Crippen molar-refractivity contribution in [1.82, 2.24) is 0 Å². The molecule has 25 heavy (non-hydrogen) atoms. The number of amides is 1. The Kier molecular flexibility index (Phi) is 5.40. The number of rotatable bonds is 5. The van der Waals surface area contributed by atoms with E-state index >= 15 is 0 Å². The second-order valence-corrected chi connectivity index (χ2v) is 6.57. The highest BCUT2D eigenvalue weighted by atomic mass is 35.5. The number of anilines is 1. The zero-order valence-electron chi connectivity index (χ0n) is 14.1. The average Bonchev–Trinajstić information content (AvgIpc) is 2.56. The maximum atomic E-state index is 12.2. The molecule has 0 spiro atoms. The fourth-order valence-electron chi connectivity index (χ4n) is 3.07. The molecule has 1 aliphatic heterocycles. The maximum Gasteiger partial charge on any atom is 0.225 e. The van der Waals surface area contributed by atoms with Crippen LogP contribution in [0.4, 0.5) is 5.69 Å². The first-order valence-electron chi connectivity index (χ1n) is 8.21. The van der Waals surface area contributed by atoms with Crippen LogP contribution in [0.25, 0.3) is 0 Å². The molecule has 2 aromatic carbocycles. The highest BCUT2D eigenvalue weighted by Gasteiger charge is 2.30. The zero-order valence-corrected chi connectivity index (χ0v) is 15.6. The summed E-state index contributed by atoms with van der Waals surface area (Å²) in [6, 6.07) is 9.10. The van der Waals surface area contributed by atoms with E-state index in [4.69, 9.17) is 32.7 Å². The largest absolute Gasteiger partial charge is 0.490 e. The van der Waals surface area contributed by atoms with Crippen molar-refractivity contribution < 1.29 is 14.3 Å². The van der Waals surface area contributed by atoms with E-state index in [1.807, 2.05) is 32.0 Å². The van der Waals surface area contributed by atoms with Crippen LogP contribution < -0.4 is 14.8 Å².